The van der Waals surface area contributed by atoms with Crippen LogP contribution in [0.3, 0.4) is 0 Å². The molecule has 1 rings (SSSR count). The Morgan fingerprint density at radius 1 is 1.13 bits per heavy atom. The average Bonchev–Trinajstić information content (AvgIpc) is 2.84. The lowest BCUT2D eigenvalue weighted by molar-refractivity contribution is -0.137. The van der Waals surface area contributed by atoms with Gasteiger partial charge in [-0.25, -0.2) is 12.7 Å². The van der Waals surface area contributed by atoms with Crippen molar-refractivity contribution < 1.29 is 18.3 Å². The number of thiophene rings is 1. The molecule has 0 unspecified atom stereocenters. The summed E-state index contributed by atoms with van der Waals surface area (Å²) < 4.78 is 25.2. The zero-order valence-electron chi connectivity index (χ0n) is 14.0. The van der Waals surface area contributed by atoms with E-state index in [0.717, 1.165) is 32.1 Å². The zero-order valence-corrected chi connectivity index (χ0v) is 15.6. The van der Waals surface area contributed by atoms with Gasteiger partial charge in [0.25, 0.3) is 0 Å². The third-order valence-electron chi connectivity index (χ3n) is 3.64. The van der Waals surface area contributed by atoms with Gasteiger partial charge >= 0.3 is 5.97 Å². The normalized spacial score (nSPS) is 12.0. The molecule has 5 nitrogen and oxygen atoms in total. The van der Waals surface area contributed by atoms with Crippen LogP contribution in [0.15, 0.2) is 12.1 Å². The highest BCUT2D eigenvalue weighted by Crippen LogP contribution is 2.17. The van der Waals surface area contributed by atoms with Crippen molar-refractivity contribution in [3.63, 3.8) is 0 Å². The molecule has 0 amide bonds. The Morgan fingerprint density at radius 2 is 1.78 bits per heavy atom. The number of hydrogen-bond acceptors (Lipinski definition) is 4. The van der Waals surface area contributed by atoms with Crippen molar-refractivity contribution in [3.8, 4) is 0 Å². The van der Waals surface area contributed by atoms with Crippen LogP contribution in [0.4, 0.5) is 0 Å². The number of aryl methyl sites for hydroxylation is 2. The molecular formula is C16H27NO4S2. The van der Waals surface area contributed by atoms with Crippen molar-refractivity contribution in [2.75, 3.05) is 19.3 Å². The fraction of sp³-hybridized carbons (Fsp3) is 0.688. The SMILES string of the molecule is Cc1ccc(CCCN(CCCCCCC(=O)O)S(C)(=O)=O)s1. The van der Waals surface area contributed by atoms with E-state index in [9.17, 15) is 13.2 Å². The van der Waals surface area contributed by atoms with Gasteiger partial charge in [-0.1, -0.05) is 12.8 Å². The molecule has 1 aromatic rings. The Hall–Kier alpha value is -0.920. The first kappa shape index (κ1) is 20.1. The lowest BCUT2D eigenvalue weighted by Gasteiger charge is -2.19. The molecule has 0 spiro atoms. The van der Waals surface area contributed by atoms with Crippen molar-refractivity contribution in [2.24, 2.45) is 0 Å². The standard InChI is InChI=1S/C16H27NO4S2/c1-14-10-11-15(22-14)8-7-13-17(23(2,20)21)12-6-4-3-5-9-16(18)19/h10-11H,3-9,12-13H2,1-2H3,(H,18,19). The molecule has 0 aliphatic rings. The van der Waals surface area contributed by atoms with E-state index in [2.05, 4.69) is 19.1 Å². The minimum atomic E-state index is -3.18. The Bertz CT molecular complexity index is 581. The topological polar surface area (TPSA) is 74.7 Å². The molecule has 1 N–H and O–H groups in total. The monoisotopic (exact) mass is 361 g/mol. The first-order valence-corrected chi connectivity index (χ1v) is 10.7. The molecule has 0 aromatic carbocycles. The summed E-state index contributed by atoms with van der Waals surface area (Å²) >= 11 is 1.76. The third kappa shape index (κ3) is 9.07. The van der Waals surface area contributed by atoms with Crippen molar-refractivity contribution >= 4 is 27.3 Å². The maximum absolute atomic E-state index is 11.8. The predicted octanol–water partition coefficient (Wildman–Crippen LogP) is 3.29. The Labute approximate surface area is 143 Å². The fourth-order valence-corrected chi connectivity index (χ4v) is 4.26. The number of aliphatic carboxylic acids is 1. The second-order valence-corrected chi connectivity index (χ2v) is 9.19. The molecule has 0 atom stereocenters. The molecule has 0 aliphatic heterocycles. The molecule has 1 heterocycles. The number of carbonyl (C=O) groups is 1. The summed E-state index contributed by atoms with van der Waals surface area (Å²) in [4.78, 5) is 13.0. The van der Waals surface area contributed by atoms with Gasteiger partial charge in [-0.05, 0) is 44.7 Å². The van der Waals surface area contributed by atoms with Gasteiger partial charge in [0, 0.05) is 29.3 Å². The van der Waals surface area contributed by atoms with Crippen molar-refractivity contribution in [1.82, 2.24) is 4.31 Å². The highest BCUT2D eigenvalue weighted by atomic mass is 32.2. The molecule has 7 heteroatoms. The van der Waals surface area contributed by atoms with Crippen molar-refractivity contribution in [1.29, 1.82) is 0 Å². The van der Waals surface area contributed by atoms with Crippen molar-refractivity contribution in [2.45, 2.75) is 51.9 Å². The summed E-state index contributed by atoms with van der Waals surface area (Å²) in [5.74, 6) is -0.772. The predicted molar refractivity (Wildman–Crippen MR) is 94.5 cm³/mol. The number of hydrogen-bond donors (Lipinski definition) is 1. The van der Waals surface area contributed by atoms with Crippen molar-refractivity contribution in [3.05, 3.63) is 21.9 Å². The number of unbranched alkanes of at least 4 members (excludes halogenated alkanes) is 3. The largest absolute Gasteiger partial charge is 0.481 e. The first-order chi connectivity index (χ1) is 10.8. The number of nitrogens with zero attached hydrogens (tertiary/aromatic N) is 1. The second-order valence-electron chi connectivity index (χ2n) is 5.84. The third-order valence-corrected chi connectivity index (χ3v) is 6.01. The second kappa shape index (κ2) is 10.1. The van der Waals surface area contributed by atoms with Gasteiger partial charge in [-0.3, -0.25) is 4.79 Å². The van der Waals surface area contributed by atoms with Gasteiger partial charge < -0.3 is 5.11 Å². The summed E-state index contributed by atoms with van der Waals surface area (Å²) in [6, 6.07) is 4.19. The maximum atomic E-state index is 11.8. The molecule has 0 aliphatic carbocycles. The van der Waals surface area contributed by atoms with Gasteiger partial charge in [-0.2, -0.15) is 0 Å². The lowest BCUT2D eigenvalue weighted by atomic mass is 10.1. The fourth-order valence-electron chi connectivity index (χ4n) is 2.41. The molecule has 0 fully saturated rings. The summed E-state index contributed by atoms with van der Waals surface area (Å²) in [6.45, 7) is 3.14. The van der Waals surface area contributed by atoms with Crippen LogP contribution in [0, 0.1) is 6.92 Å². The van der Waals surface area contributed by atoms with E-state index in [1.807, 2.05) is 0 Å². The van der Waals surface area contributed by atoms with E-state index in [1.54, 1.807) is 15.6 Å². The van der Waals surface area contributed by atoms with E-state index < -0.39 is 16.0 Å². The van der Waals surface area contributed by atoms with Crippen LogP contribution in [0.25, 0.3) is 0 Å². The Morgan fingerprint density at radius 3 is 2.35 bits per heavy atom. The van der Waals surface area contributed by atoms with E-state index >= 15 is 0 Å². The van der Waals surface area contributed by atoms with Crippen LogP contribution in [0.1, 0.15) is 48.3 Å². The Kier molecular flexibility index (Phi) is 8.79. The molecule has 0 saturated heterocycles. The Balaban J connectivity index is 2.28. The maximum Gasteiger partial charge on any atom is 0.303 e. The highest BCUT2D eigenvalue weighted by molar-refractivity contribution is 7.88. The number of rotatable bonds is 12. The smallest absolute Gasteiger partial charge is 0.303 e. The van der Waals surface area contributed by atoms with E-state index in [0.29, 0.717) is 19.5 Å². The molecule has 0 bridgehead atoms. The van der Waals surface area contributed by atoms with Crippen LogP contribution in [0.5, 0.6) is 0 Å². The van der Waals surface area contributed by atoms with Crippen LogP contribution >= 0.6 is 11.3 Å². The molecule has 23 heavy (non-hydrogen) atoms. The van der Waals surface area contributed by atoms with E-state index in [-0.39, 0.29) is 6.42 Å². The summed E-state index contributed by atoms with van der Waals surface area (Å²) in [7, 11) is -3.18. The molecule has 1 aromatic heterocycles. The van der Waals surface area contributed by atoms with Gasteiger partial charge in [0.15, 0.2) is 0 Å². The van der Waals surface area contributed by atoms with Gasteiger partial charge in [0.05, 0.1) is 6.26 Å². The van der Waals surface area contributed by atoms with Crippen LogP contribution < -0.4 is 0 Å². The summed E-state index contributed by atoms with van der Waals surface area (Å²) in [6.07, 6.45) is 6.32. The van der Waals surface area contributed by atoms with E-state index in [1.165, 1.54) is 16.0 Å². The minimum Gasteiger partial charge on any atom is -0.481 e. The molecule has 0 saturated carbocycles. The zero-order chi connectivity index (χ0) is 17.3. The summed E-state index contributed by atoms with van der Waals surface area (Å²) in [5.41, 5.74) is 0. The van der Waals surface area contributed by atoms with Crippen LogP contribution in [-0.4, -0.2) is 43.1 Å². The molecule has 132 valence electrons. The van der Waals surface area contributed by atoms with Crippen LogP contribution in [0.2, 0.25) is 0 Å². The lowest BCUT2D eigenvalue weighted by Crippen LogP contribution is -2.32. The van der Waals surface area contributed by atoms with Gasteiger partial charge in [0.1, 0.15) is 0 Å². The average molecular weight is 362 g/mol. The molecule has 0 radical (unpaired) electrons. The number of carboxylic acids is 1. The minimum absolute atomic E-state index is 0.190. The highest BCUT2D eigenvalue weighted by Gasteiger charge is 2.15. The number of sulfonamides is 1. The van der Waals surface area contributed by atoms with E-state index in [4.69, 9.17) is 5.11 Å². The first-order valence-electron chi connectivity index (χ1n) is 8.01. The quantitative estimate of drug-likeness (QED) is 0.580. The summed E-state index contributed by atoms with van der Waals surface area (Å²) in [5, 5.41) is 8.57. The van der Waals surface area contributed by atoms with Crippen LogP contribution in [-0.2, 0) is 21.2 Å². The number of carboxylic acid groups (broad SMARTS) is 1. The van der Waals surface area contributed by atoms with Gasteiger partial charge in [0.2, 0.25) is 10.0 Å². The molecular weight excluding hydrogens is 334 g/mol. The van der Waals surface area contributed by atoms with Gasteiger partial charge in [-0.15, -0.1) is 11.3 Å².